The molecule has 1 aromatic rings. The highest BCUT2D eigenvalue weighted by Crippen LogP contribution is 2.05. The highest BCUT2D eigenvalue weighted by molar-refractivity contribution is 5.13. The Bertz CT molecular complexity index is 236. The molecule has 0 saturated heterocycles. The van der Waals surface area contributed by atoms with Gasteiger partial charge in [-0.3, -0.25) is 0 Å². The van der Waals surface area contributed by atoms with Crippen molar-refractivity contribution in [1.82, 2.24) is 0 Å². The van der Waals surface area contributed by atoms with Crippen LogP contribution in [-0.2, 0) is 11.3 Å². The quantitative estimate of drug-likeness (QED) is 0.700. The number of alkyl halides is 1. The summed E-state index contributed by atoms with van der Waals surface area (Å²) in [6.45, 7) is 6.69. The van der Waals surface area contributed by atoms with Crippen molar-refractivity contribution in [2.45, 2.75) is 46.4 Å². The highest BCUT2D eigenvalue weighted by Gasteiger charge is 2.04. The molecule has 1 atom stereocenters. The molecule has 0 N–H and O–H groups in total. The Morgan fingerprint density at radius 3 is 2.38 bits per heavy atom. The second kappa shape index (κ2) is 10.6. The molecule has 0 aliphatic carbocycles. The lowest BCUT2D eigenvalue weighted by atomic mass is 10.2. The molecule has 1 nitrogen and oxygen atoms in total. The summed E-state index contributed by atoms with van der Waals surface area (Å²) in [5.41, 5.74) is 1.09. The van der Waals surface area contributed by atoms with Crippen LogP contribution in [0, 0.1) is 0 Å². The van der Waals surface area contributed by atoms with Gasteiger partial charge in [0.25, 0.3) is 0 Å². The summed E-state index contributed by atoms with van der Waals surface area (Å²) in [5.74, 6) is 0. The molecular weight excluding hydrogens is 203 g/mol. The minimum Gasteiger partial charge on any atom is -0.374 e. The second-order valence-corrected chi connectivity index (χ2v) is 3.39. The van der Waals surface area contributed by atoms with E-state index in [-0.39, 0.29) is 6.61 Å². The predicted molar refractivity (Wildman–Crippen MR) is 67.3 cm³/mol. The van der Waals surface area contributed by atoms with E-state index in [0.29, 0.717) is 13.0 Å². The van der Waals surface area contributed by atoms with Crippen LogP contribution < -0.4 is 0 Å². The summed E-state index contributed by atoms with van der Waals surface area (Å²) < 4.78 is 18.2. The molecular formula is C14H23FO. The van der Waals surface area contributed by atoms with Gasteiger partial charge in [0, 0.05) is 0 Å². The summed E-state index contributed by atoms with van der Waals surface area (Å²) >= 11 is 0. The first-order valence-corrected chi connectivity index (χ1v) is 6.08. The first-order valence-electron chi connectivity index (χ1n) is 6.08. The summed E-state index contributed by atoms with van der Waals surface area (Å²) in [7, 11) is 0. The molecule has 92 valence electrons. The van der Waals surface area contributed by atoms with Crippen LogP contribution in [0.3, 0.4) is 0 Å². The third kappa shape index (κ3) is 7.41. The zero-order valence-electron chi connectivity index (χ0n) is 10.6. The van der Waals surface area contributed by atoms with Crippen LogP contribution in [0.2, 0.25) is 0 Å². The fourth-order valence-corrected chi connectivity index (χ4v) is 1.28. The zero-order chi connectivity index (χ0) is 12.2. The standard InChI is InChI=1S/C12H17FO.C2H6/c1-2-6-12(13)10-14-9-11-7-4-3-5-8-11;1-2/h3-5,7-8,12H,2,6,9-10H2,1H3;1-2H3/t12-;/m0./s1. The Kier molecular flexibility index (Phi) is 10.0. The van der Waals surface area contributed by atoms with Gasteiger partial charge >= 0.3 is 0 Å². The van der Waals surface area contributed by atoms with Crippen molar-refractivity contribution in [3.05, 3.63) is 35.9 Å². The molecule has 0 unspecified atom stereocenters. The summed E-state index contributed by atoms with van der Waals surface area (Å²) in [5, 5.41) is 0. The van der Waals surface area contributed by atoms with E-state index in [2.05, 4.69) is 0 Å². The number of hydrogen-bond donors (Lipinski definition) is 0. The molecule has 0 amide bonds. The Hall–Kier alpha value is -0.890. The van der Waals surface area contributed by atoms with E-state index < -0.39 is 6.17 Å². The van der Waals surface area contributed by atoms with Gasteiger partial charge in [-0.2, -0.15) is 0 Å². The minimum atomic E-state index is -0.816. The molecule has 0 spiro atoms. The van der Waals surface area contributed by atoms with E-state index >= 15 is 0 Å². The fraction of sp³-hybridized carbons (Fsp3) is 0.571. The van der Waals surface area contributed by atoms with Gasteiger partial charge in [-0.15, -0.1) is 0 Å². The maximum atomic E-state index is 13.0. The topological polar surface area (TPSA) is 9.23 Å². The van der Waals surface area contributed by atoms with Gasteiger partial charge in [0.05, 0.1) is 13.2 Å². The molecule has 1 rings (SSSR count). The number of rotatable bonds is 6. The number of halogens is 1. The molecule has 0 fully saturated rings. The van der Waals surface area contributed by atoms with Crippen LogP contribution in [0.5, 0.6) is 0 Å². The molecule has 0 aliphatic rings. The van der Waals surface area contributed by atoms with Gasteiger partial charge in [0.2, 0.25) is 0 Å². The van der Waals surface area contributed by atoms with E-state index in [0.717, 1.165) is 12.0 Å². The first kappa shape index (κ1) is 15.1. The molecule has 0 heterocycles. The van der Waals surface area contributed by atoms with E-state index in [1.54, 1.807) is 0 Å². The molecule has 1 aromatic carbocycles. The van der Waals surface area contributed by atoms with Crippen molar-refractivity contribution in [2.75, 3.05) is 6.61 Å². The molecule has 2 heteroatoms. The normalized spacial score (nSPS) is 11.5. The van der Waals surface area contributed by atoms with Crippen molar-refractivity contribution in [3.63, 3.8) is 0 Å². The van der Waals surface area contributed by atoms with Gasteiger partial charge < -0.3 is 4.74 Å². The van der Waals surface area contributed by atoms with E-state index in [4.69, 9.17) is 4.74 Å². The molecule has 0 saturated carbocycles. The smallest absolute Gasteiger partial charge is 0.123 e. The van der Waals surface area contributed by atoms with Crippen LogP contribution in [-0.4, -0.2) is 12.8 Å². The van der Waals surface area contributed by atoms with E-state index in [1.165, 1.54) is 0 Å². The monoisotopic (exact) mass is 226 g/mol. The molecule has 0 radical (unpaired) electrons. The third-order valence-corrected chi connectivity index (χ3v) is 2.01. The van der Waals surface area contributed by atoms with Crippen LogP contribution >= 0.6 is 0 Å². The van der Waals surface area contributed by atoms with Gasteiger partial charge in [0.1, 0.15) is 6.17 Å². The third-order valence-electron chi connectivity index (χ3n) is 2.01. The van der Waals surface area contributed by atoms with E-state index in [1.807, 2.05) is 51.1 Å². The number of hydrogen-bond acceptors (Lipinski definition) is 1. The van der Waals surface area contributed by atoms with Crippen molar-refractivity contribution in [2.24, 2.45) is 0 Å². The first-order chi connectivity index (χ1) is 7.83. The van der Waals surface area contributed by atoms with Crippen molar-refractivity contribution >= 4 is 0 Å². The second-order valence-electron chi connectivity index (χ2n) is 3.39. The summed E-state index contributed by atoms with van der Waals surface area (Å²) in [6, 6.07) is 9.83. The molecule has 0 bridgehead atoms. The van der Waals surface area contributed by atoms with Crippen molar-refractivity contribution < 1.29 is 9.13 Å². The fourth-order valence-electron chi connectivity index (χ4n) is 1.28. The SMILES string of the molecule is CC.CCC[C@H](F)COCc1ccccc1. The Balaban J connectivity index is 0.00000106. The number of ether oxygens (including phenoxy) is 1. The van der Waals surface area contributed by atoms with Crippen LogP contribution in [0.4, 0.5) is 4.39 Å². The molecule has 16 heavy (non-hydrogen) atoms. The number of benzene rings is 1. The average molecular weight is 226 g/mol. The minimum absolute atomic E-state index is 0.211. The van der Waals surface area contributed by atoms with Crippen LogP contribution in [0.25, 0.3) is 0 Å². The Morgan fingerprint density at radius 1 is 1.19 bits per heavy atom. The predicted octanol–water partition coefficient (Wildman–Crippen LogP) is 4.37. The maximum Gasteiger partial charge on any atom is 0.123 e. The maximum absolute atomic E-state index is 13.0. The lowest BCUT2D eigenvalue weighted by Gasteiger charge is -2.07. The molecule has 0 aromatic heterocycles. The highest BCUT2D eigenvalue weighted by atomic mass is 19.1. The van der Waals surface area contributed by atoms with Crippen molar-refractivity contribution in [1.29, 1.82) is 0 Å². The van der Waals surface area contributed by atoms with Crippen molar-refractivity contribution in [3.8, 4) is 0 Å². The lowest BCUT2D eigenvalue weighted by Crippen LogP contribution is -2.09. The van der Waals surface area contributed by atoms with Crippen LogP contribution in [0.1, 0.15) is 39.2 Å². The Morgan fingerprint density at radius 2 is 1.81 bits per heavy atom. The van der Waals surface area contributed by atoms with Crippen LogP contribution in [0.15, 0.2) is 30.3 Å². The van der Waals surface area contributed by atoms with Gasteiger partial charge in [-0.25, -0.2) is 4.39 Å². The zero-order valence-corrected chi connectivity index (χ0v) is 10.6. The van der Waals surface area contributed by atoms with Gasteiger partial charge in [0.15, 0.2) is 0 Å². The summed E-state index contributed by atoms with van der Waals surface area (Å²) in [6.07, 6.45) is 0.647. The van der Waals surface area contributed by atoms with Gasteiger partial charge in [-0.05, 0) is 12.0 Å². The van der Waals surface area contributed by atoms with Gasteiger partial charge in [-0.1, -0.05) is 57.5 Å². The van der Waals surface area contributed by atoms with E-state index in [9.17, 15) is 4.39 Å². The average Bonchev–Trinajstić information content (AvgIpc) is 2.33. The Labute approximate surface area is 98.6 Å². The summed E-state index contributed by atoms with van der Waals surface area (Å²) in [4.78, 5) is 0. The lowest BCUT2D eigenvalue weighted by molar-refractivity contribution is 0.0662. The largest absolute Gasteiger partial charge is 0.374 e. The molecule has 0 aliphatic heterocycles.